The summed E-state index contributed by atoms with van der Waals surface area (Å²) in [5.74, 6) is -0.353. The Hall–Kier alpha value is -1.29. The van der Waals surface area contributed by atoms with Crippen LogP contribution in [-0.4, -0.2) is 30.6 Å². The molecule has 94 valence electrons. The number of halogens is 1. The lowest BCUT2D eigenvalue weighted by Gasteiger charge is -2.23. The lowest BCUT2D eigenvalue weighted by molar-refractivity contribution is 0.277. The summed E-state index contributed by atoms with van der Waals surface area (Å²) in [6.45, 7) is 5.25. The van der Waals surface area contributed by atoms with E-state index < -0.39 is 0 Å². The van der Waals surface area contributed by atoms with Crippen molar-refractivity contribution in [1.29, 1.82) is 0 Å². The van der Waals surface area contributed by atoms with Crippen LogP contribution in [0.1, 0.15) is 19.8 Å². The molecule has 3 N–H and O–H groups in total. The Morgan fingerprint density at radius 2 is 2.35 bits per heavy atom. The zero-order chi connectivity index (χ0) is 12.3. The molecule has 1 aromatic carbocycles. The number of anilines is 2. The first-order valence-electron chi connectivity index (χ1n) is 6.24. The highest BCUT2D eigenvalue weighted by Gasteiger charge is 2.22. The normalized spacial score (nSPS) is 20.7. The second kappa shape index (κ2) is 5.36. The number of hydrogen-bond donors (Lipinski definition) is 2. The minimum absolute atomic E-state index is 0.216. The summed E-state index contributed by atoms with van der Waals surface area (Å²) < 4.78 is 13.2. The van der Waals surface area contributed by atoms with Gasteiger partial charge in [-0.1, -0.05) is 13.0 Å². The molecule has 1 aliphatic rings. The molecule has 3 nitrogen and oxygen atoms in total. The van der Waals surface area contributed by atoms with Gasteiger partial charge in [0, 0.05) is 12.6 Å². The van der Waals surface area contributed by atoms with Gasteiger partial charge in [0.25, 0.3) is 0 Å². The van der Waals surface area contributed by atoms with Gasteiger partial charge in [0.15, 0.2) is 0 Å². The highest BCUT2D eigenvalue weighted by atomic mass is 19.1. The summed E-state index contributed by atoms with van der Waals surface area (Å²) in [4.78, 5) is 2.45. The standard InChI is InChI=1S/C13H20FN3/c1-2-17-8-4-5-10(17)9-16-12-7-3-6-11(14)13(12)15/h3,6-7,10,16H,2,4-5,8-9,15H2,1H3. The first-order chi connectivity index (χ1) is 8.22. The quantitative estimate of drug-likeness (QED) is 0.790. The van der Waals surface area contributed by atoms with Crippen LogP contribution in [0, 0.1) is 5.82 Å². The van der Waals surface area contributed by atoms with Gasteiger partial charge in [-0.05, 0) is 38.1 Å². The molecule has 2 rings (SSSR count). The van der Waals surface area contributed by atoms with E-state index in [0.717, 1.165) is 13.1 Å². The van der Waals surface area contributed by atoms with Gasteiger partial charge in [-0.25, -0.2) is 4.39 Å². The van der Waals surface area contributed by atoms with Crippen molar-refractivity contribution < 1.29 is 4.39 Å². The van der Waals surface area contributed by atoms with E-state index in [-0.39, 0.29) is 11.5 Å². The van der Waals surface area contributed by atoms with Crippen LogP contribution < -0.4 is 11.1 Å². The van der Waals surface area contributed by atoms with Gasteiger partial charge >= 0.3 is 0 Å². The van der Waals surface area contributed by atoms with Crippen LogP contribution in [0.25, 0.3) is 0 Å². The van der Waals surface area contributed by atoms with E-state index in [9.17, 15) is 4.39 Å². The fraction of sp³-hybridized carbons (Fsp3) is 0.538. The number of para-hydroxylation sites is 1. The summed E-state index contributed by atoms with van der Waals surface area (Å²) in [5, 5.41) is 3.25. The second-order valence-electron chi connectivity index (χ2n) is 4.51. The maximum Gasteiger partial charge on any atom is 0.148 e. The van der Waals surface area contributed by atoms with Crippen molar-refractivity contribution in [3.8, 4) is 0 Å². The Morgan fingerprint density at radius 3 is 3.12 bits per heavy atom. The van der Waals surface area contributed by atoms with Crippen molar-refractivity contribution in [1.82, 2.24) is 4.90 Å². The van der Waals surface area contributed by atoms with E-state index in [1.807, 2.05) is 6.07 Å². The Labute approximate surface area is 102 Å². The molecule has 0 saturated carbocycles. The fourth-order valence-corrected chi connectivity index (χ4v) is 2.46. The number of rotatable bonds is 4. The van der Waals surface area contributed by atoms with Gasteiger partial charge in [0.1, 0.15) is 5.82 Å². The Bertz CT molecular complexity index is 381. The number of benzene rings is 1. The van der Waals surface area contributed by atoms with Crippen LogP contribution in [-0.2, 0) is 0 Å². The summed E-state index contributed by atoms with van der Waals surface area (Å²) in [6.07, 6.45) is 2.45. The first kappa shape index (κ1) is 12.2. The van der Waals surface area contributed by atoms with Gasteiger partial charge in [0.05, 0.1) is 11.4 Å². The van der Waals surface area contributed by atoms with Crippen LogP contribution in [0.15, 0.2) is 18.2 Å². The molecule has 1 aromatic rings. The maximum absolute atomic E-state index is 13.2. The van der Waals surface area contributed by atoms with E-state index in [1.54, 1.807) is 6.07 Å². The van der Waals surface area contributed by atoms with Gasteiger partial charge in [-0.15, -0.1) is 0 Å². The van der Waals surface area contributed by atoms with Gasteiger partial charge in [-0.3, -0.25) is 4.90 Å². The van der Waals surface area contributed by atoms with Crippen LogP contribution in [0.2, 0.25) is 0 Å². The minimum Gasteiger partial charge on any atom is -0.395 e. The SMILES string of the molecule is CCN1CCCC1CNc1cccc(F)c1N. The zero-order valence-electron chi connectivity index (χ0n) is 10.2. The summed E-state index contributed by atoms with van der Waals surface area (Å²) in [6, 6.07) is 5.43. The number of likely N-dealkylation sites (tertiary alicyclic amines) is 1. The Morgan fingerprint density at radius 1 is 1.53 bits per heavy atom. The topological polar surface area (TPSA) is 41.3 Å². The summed E-state index contributed by atoms with van der Waals surface area (Å²) >= 11 is 0. The molecule has 0 amide bonds. The molecular weight excluding hydrogens is 217 g/mol. The largest absolute Gasteiger partial charge is 0.395 e. The molecule has 1 saturated heterocycles. The third kappa shape index (κ3) is 2.69. The molecule has 0 spiro atoms. The summed E-state index contributed by atoms with van der Waals surface area (Å²) in [5.41, 5.74) is 6.60. The van der Waals surface area contributed by atoms with Gasteiger partial charge in [-0.2, -0.15) is 0 Å². The molecule has 0 aromatic heterocycles. The van der Waals surface area contributed by atoms with Gasteiger partial charge < -0.3 is 11.1 Å². The average molecular weight is 237 g/mol. The van der Waals surface area contributed by atoms with Gasteiger partial charge in [0.2, 0.25) is 0 Å². The van der Waals surface area contributed by atoms with Crippen molar-refractivity contribution in [2.24, 2.45) is 0 Å². The molecule has 1 atom stereocenters. The number of likely N-dealkylation sites (N-methyl/N-ethyl adjacent to an activating group) is 1. The van der Waals surface area contributed by atoms with Crippen molar-refractivity contribution in [2.45, 2.75) is 25.8 Å². The molecule has 1 heterocycles. The van der Waals surface area contributed by atoms with E-state index in [0.29, 0.717) is 11.7 Å². The fourth-order valence-electron chi connectivity index (χ4n) is 2.46. The van der Waals surface area contributed by atoms with E-state index in [4.69, 9.17) is 5.73 Å². The zero-order valence-corrected chi connectivity index (χ0v) is 10.2. The molecule has 0 aliphatic carbocycles. The Balaban J connectivity index is 1.95. The molecular formula is C13H20FN3. The highest BCUT2D eigenvalue weighted by Crippen LogP contribution is 2.23. The predicted octanol–water partition coefficient (Wildman–Crippen LogP) is 2.30. The molecule has 1 aliphatic heterocycles. The molecule has 0 radical (unpaired) electrons. The van der Waals surface area contributed by atoms with Crippen molar-refractivity contribution in [2.75, 3.05) is 30.7 Å². The molecule has 1 fully saturated rings. The van der Waals surface area contributed by atoms with E-state index in [2.05, 4.69) is 17.1 Å². The number of nitrogens with one attached hydrogen (secondary N) is 1. The van der Waals surface area contributed by atoms with Crippen LogP contribution in [0.4, 0.5) is 15.8 Å². The van der Waals surface area contributed by atoms with Crippen molar-refractivity contribution in [3.05, 3.63) is 24.0 Å². The number of nitrogen functional groups attached to an aromatic ring is 1. The summed E-state index contributed by atoms with van der Waals surface area (Å²) in [7, 11) is 0. The first-order valence-corrected chi connectivity index (χ1v) is 6.24. The molecule has 1 unspecified atom stereocenters. The van der Waals surface area contributed by atoms with Crippen LogP contribution in [0.5, 0.6) is 0 Å². The van der Waals surface area contributed by atoms with E-state index in [1.165, 1.54) is 25.5 Å². The average Bonchev–Trinajstić information content (AvgIpc) is 2.78. The number of nitrogens with two attached hydrogens (primary N) is 1. The van der Waals surface area contributed by atoms with Crippen molar-refractivity contribution >= 4 is 11.4 Å². The van der Waals surface area contributed by atoms with Crippen LogP contribution >= 0.6 is 0 Å². The predicted molar refractivity (Wildman–Crippen MR) is 69.6 cm³/mol. The molecule has 4 heteroatoms. The highest BCUT2D eigenvalue weighted by molar-refractivity contribution is 5.66. The number of hydrogen-bond acceptors (Lipinski definition) is 3. The third-order valence-electron chi connectivity index (χ3n) is 3.49. The smallest absolute Gasteiger partial charge is 0.148 e. The number of nitrogens with zero attached hydrogens (tertiary/aromatic N) is 1. The van der Waals surface area contributed by atoms with Crippen LogP contribution in [0.3, 0.4) is 0 Å². The third-order valence-corrected chi connectivity index (χ3v) is 3.49. The van der Waals surface area contributed by atoms with Crippen molar-refractivity contribution in [3.63, 3.8) is 0 Å². The maximum atomic E-state index is 13.2. The molecule has 0 bridgehead atoms. The minimum atomic E-state index is -0.353. The van der Waals surface area contributed by atoms with E-state index >= 15 is 0 Å². The lowest BCUT2D eigenvalue weighted by atomic mass is 10.2. The lowest BCUT2D eigenvalue weighted by Crippen LogP contribution is -2.34. The molecule has 17 heavy (non-hydrogen) atoms. The Kier molecular flexibility index (Phi) is 3.84. The monoisotopic (exact) mass is 237 g/mol. The second-order valence-corrected chi connectivity index (χ2v) is 4.51.